The van der Waals surface area contributed by atoms with Gasteiger partial charge in [0.25, 0.3) is 0 Å². The first kappa shape index (κ1) is 12.6. The van der Waals surface area contributed by atoms with Crippen LogP contribution in [0.15, 0.2) is 24.3 Å². The van der Waals surface area contributed by atoms with Gasteiger partial charge >= 0.3 is 6.36 Å². The second-order valence-electron chi connectivity index (χ2n) is 2.86. The molecule has 90 valence electrons. The highest BCUT2D eigenvalue weighted by Gasteiger charge is 2.31. The van der Waals surface area contributed by atoms with Crippen molar-refractivity contribution in [2.45, 2.75) is 6.36 Å². The predicted molar refractivity (Wildman–Crippen MR) is 53.1 cm³/mol. The number of anilines is 1. The van der Waals surface area contributed by atoms with Crippen molar-refractivity contribution in [3.63, 3.8) is 0 Å². The number of hydrogen-bond donors (Lipinski definition) is 2. The molecule has 0 unspecified atom stereocenters. The zero-order valence-corrected chi connectivity index (χ0v) is 8.32. The third-order valence-corrected chi connectivity index (χ3v) is 1.67. The third-order valence-electron chi connectivity index (χ3n) is 1.67. The minimum absolute atomic E-state index is 0.175. The summed E-state index contributed by atoms with van der Waals surface area (Å²) in [5, 5.41) is 15.7. The highest BCUT2D eigenvalue weighted by molar-refractivity contribution is 5.95. The van der Waals surface area contributed by atoms with E-state index in [9.17, 15) is 13.2 Å². The van der Waals surface area contributed by atoms with Crippen LogP contribution < -0.4 is 15.4 Å². The van der Waals surface area contributed by atoms with Gasteiger partial charge in [0.2, 0.25) is 5.96 Å². The van der Waals surface area contributed by atoms with Gasteiger partial charge in [0.1, 0.15) is 5.75 Å². The van der Waals surface area contributed by atoms with Crippen molar-refractivity contribution in [2.24, 2.45) is 5.73 Å². The minimum atomic E-state index is -4.77. The molecule has 0 aliphatic rings. The molecule has 0 bridgehead atoms. The van der Waals surface area contributed by atoms with Crippen LogP contribution in [0.5, 0.6) is 5.75 Å². The zero-order chi connectivity index (χ0) is 13.1. The molecule has 0 saturated heterocycles. The van der Waals surface area contributed by atoms with E-state index in [4.69, 9.17) is 16.4 Å². The number of nitrogens with zero attached hydrogens (tertiary/aromatic N) is 2. The smallest absolute Gasteiger partial charge is 0.406 e. The lowest BCUT2D eigenvalue weighted by atomic mass is 10.3. The fourth-order valence-corrected chi connectivity index (χ4v) is 1.05. The number of nitrogens with one attached hydrogen (secondary N) is 1. The summed E-state index contributed by atoms with van der Waals surface area (Å²) in [6, 6.07) is 4.42. The molecule has 0 saturated carbocycles. The molecule has 1 rings (SSSR count). The van der Waals surface area contributed by atoms with Crippen LogP contribution in [-0.4, -0.2) is 12.3 Å². The third kappa shape index (κ3) is 3.57. The monoisotopic (exact) mass is 244 g/mol. The maximum atomic E-state index is 11.9. The maximum Gasteiger partial charge on any atom is 0.573 e. The lowest BCUT2D eigenvalue weighted by Crippen LogP contribution is -2.32. The van der Waals surface area contributed by atoms with E-state index in [-0.39, 0.29) is 5.69 Å². The van der Waals surface area contributed by atoms with Gasteiger partial charge in [-0.3, -0.25) is 5.41 Å². The van der Waals surface area contributed by atoms with Crippen molar-refractivity contribution in [2.75, 3.05) is 4.90 Å². The van der Waals surface area contributed by atoms with Crippen LogP contribution >= 0.6 is 0 Å². The van der Waals surface area contributed by atoms with Crippen molar-refractivity contribution in [3.05, 3.63) is 24.3 Å². The standard InChI is InChI=1S/C9H7F3N4O/c10-9(11,12)17-7-3-1-6(2-4-7)16(5-13)8(14)15/h1-4H,(H3,14,15). The van der Waals surface area contributed by atoms with E-state index >= 15 is 0 Å². The fourth-order valence-electron chi connectivity index (χ4n) is 1.05. The second kappa shape index (κ2) is 4.61. The van der Waals surface area contributed by atoms with Crippen molar-refractivity contribution >= 4 is 11.6 Å². The highest BCUT2D eigenvalue weighted by Crippen LogP contribution is 2.24. The van der Waals surface area contributed by atoms with Gasteiger partial charge in [-0.25, -0.2) is 4.90 Å². The first-order valence-corrected chi connectivity index (χ1v) is 4.23. The highest BCUT2D eigenvalue weighted by atomic mass is 19.4. The molecule has 0 heterocycles. The van der Waals surface area contributed by atoms with Gasteiger partial charge in [-0.2, -0.15) is 5.26 Å². The number of halogens is 3. The van der Waals surface area contributed by atoms with Crippen LogP contribution in [0.2, 0.25) is 0 Å². The minimum Gasteiger partial charge on any atom is -0.406 e. The van der Waals surface area contributed by atoms with Gasteiger partial charge < -0.3 is 10.5 Å². The SMILES string of the molecule is N#CN(C(=N)N)c1ccc(OC(F)(F)F)cc1. The molecule has 0 amide bonds. The summed E-state index contributed by atoms with van der Waals surface area (Å²) in [5.41, 5.74) is 5.27. The molecule has 1 aromatic rings. The molecule has 0 radical (unpaired) electrons. The Labute approximate surface area is 94.3 Å². The van der Waals surface area contributed by atoms with Gasteiger partial charge in [0.15, 0.2) is 6.19 Å². The summed E-state index contributed by atoms with van der Waals surface area (Å²) in [7, 11) is 0. The van der Waals surface area contributed by atoms with E-state index in [0.717, 1.165) is 17.0 Å². The van der Waals surface area contributed by atoms with Crippen molar-refractivity contribution in [1.82, 2.24) is 0 Å². The van der Waals surface area contributed by atoms with Gasteiger partial charge in [0.05, 0.1) is 5.69 Å². The van der Waals surface area contributed by atoms with Crippen molar-refractivity contribution in [1.29, 1.82) is 10.7 Å². The number of hydrogen-bond acceptors (Lipinski definition) is 3. The van der Waals surface area contributed by atoms with Crippen molar-refractivity contribution in [3.8, 4) is 11.9 Å². The zero-order valence-electron chi connectivity index (χ0n) is 8.32. The summed E-state index contributed by atoms with van der Waals surface area (Å²) >= 11 is 0. The van der Waals surface area contributed by atoms with E-state index in [2.05, 4.69) is 4.74 Å². The first-order valence-electron chi connectivity index (χ1n) is 4.23. The average molecular weight is 244 g/mol. The Morgan fingerprint density at radius 2 is 1.88 bits per heavy atom. The molecule has 5 nitrogen and oxygen atoms in total. The number of nitriles is 1. The topological polar surface area (TPSA) is 86.1 Å². The van der Waals surface area contributed by atoms with E-state index in [1.54, 1.807) is 6.19 Å². The van der Waals surface area contributed by atoms with E-state index < -0.39 is 18.1 Å². The van der Waals surface area contributed by atoms with E-state index in [1.807, 2.05) is 0 Å². The molecular formula is C9H7F3N4O. The lowest BCUT2D eigenvalue weighted by Gasteiger charge is -2.14. The maximum absolute atomic E-state index is 11.9. The largest absolute Gasteiger partial charge is 0.573 e. The summed E-state index contributed by atoms with van der Waals surface area (Å²) in [6.07, 6.45) is -3.16. The number of guanidine groups is 1. The van der Waals surface area contributed by atoms with Crippen LogP contribution in [0.1, 0.15) is 0 Å². The Morgan fingerprint density at radius 1 is 1.35 bits per heavy atom. The molecule has 3 N–H and O–H groups in total. The normalized spacial score (nSPS) is 10.5. The Kier molecular flexibility index (Phi) is 3.43. The van der Waals surface area contributed by atoms with Gasteiger partial charge in [0, 0.05) is 0 Å². The molecule has 8 heteroatoms. The molecule has 0 aliphatic heterocycles. The molecule has 0 spiro atoms. The molecule has 0 aromatic heterocycles. The quantitative estimate of drug-likeness (QED) is 0.359. The number of rotatable bonds is 2. The Morgan fingerprint density at radius 3 is 2.24 bits per heavy atom. The molecule has 1 aromatic carbocycles. The molecule has 0 atom stereocenters. The van der Waals surface area contributed by atoms with E-state index in [0.29, 0.717) is 0 Å². The summed E-state index contributed by atoms with van der Waals surface area (Å²) in [4.78, 5) is 0.747. The number of nitrogens with two attached hydrogens (primary N) is 1. The van der Waals surface area contributed by atoms with Crippen LogP contribution in [0.4, 0.5) is 18.9 Å². The fraction of sp³-hybridized carbons (Fsp3) is 0.111. The average Bonchev–Trinajstić information content (AvgIpc) is 2.18. The molecule has 0 fully saturated rings. The second-order valence-corrected chi connectivity index (χ2v) is 2.86. The molecule has 0 aliphatic carbocycles. The van der Waals surface area contributed by atoms with Crippen LogP contribution in [0.3, 0.4) is 0 Å². The summed E-state index contributed by atoms with van der Waals surface area (Å²) < 4.78 is 39.2. The van der Waals surface area contributed by atoms with Gasteiger partial charge in [-0.1, -0.05) is 0 Å². The van der Waals surface area contributed by atoms with Crippen LogP contribution in [-0.2, 0) is 0 Å². The lowest BCUT2D eigenvalue weighted by molar-refractivity contribution is -0.274. The van der Waals surface area contributed by atoms with E-state index in [1.165, 1.54) is 12.1 Å². The number of ether oxygens (including phenoxy) is 1. The Hall–Kier alpha value is -2.43. The number of alkyl halides is 3. The van der Waals surface area contributed by atoms with Crippen LogP contribution in [0.25, 0.3) is 0 Å². The van der Waals surface area contributed by atoms with Crippen LogP contribution in [0, 0.1) is 16.9 Å². The molecule has 17 heavy (non-hydrogen) atoms. The van der Waals surface area contributed by atoms with Crippen molar-refractivity contribution < 1.29 is 17.9 Å². The van der Waals surface area contributed by atoms with Gasteiger partial charge in [-0.15, -0.1) is 13.2 Å². The Balaban J connectivity index is 2.89. The van der Waals surface area contributed by atoms with Gasteiger partial charge in [-0.05, 0) is 24.3 Å². The first-order chi connectivity index (χ1) is 7.83. The summed E-state index contributed by atoms with van der Waals surface area (Å²) in [5.74, 6) is -0.945. The molecular weight excluding hydrogens is 237 g/mol. The Bertz CT molecular complexity index is 449. The number of benzene rings is 1. The predicted octanol–water partition coefficient (Wildman–Crippen LogP) is 1.77. The summed E-state index contributed by atoms with van der Waals surface area (Å²) in [6.45, 7) is 0.